The summed E-state index contributed by atoms with van der Waals surface area (Å²) in [5, 5.41) is 9.58. The van der Waals surface area contributed by atoms with Crippen molar-refractivity contribution < 1.29 is 27.2 Å². The fraction of sp³-hybridized carbons (Fsp3) is 0.222. The summed E-state index contributed by atoms with van der Waals surface area (Å²) < 4.78 is 44.4. The van der Waals surface area contributed by atoms with Crippen molar-refractivity contribution in [1.82, 2.24) is 15.2 Å². The summed E-state index contributed by atoms with van der Waals surface area (Å²) in [4.78, 5) is 29.0. The van der Waals surface area contributed by atoms with Crippen molar-refractivity contribution in [2.75, 3.05) is 16.8 Å². The third kappa shape index (κ3) is 3.90. The van der Waals surface area contributed by atoms with E-state index in [9.17, 15) is 22.8 Å². The SMILES string of the molecule is CC(Sc1nnc(-c2ccc[nH]2)o1)C(=O)N1CC(=O)Nc2cc(C(F)(F)F)ccc21. The van der Waals surface area contributed by atoms with Crippen LogP contribution in [-0.4, -0.2) is 38.8 Å². The van der Waals surface area contributed by atoms with Crippen molar-refractivity contribution in [3.05, 3.63) is 42.1 Å². The van der Waals surface area contributed by atoms with Gasteiger partial charge in [-0.05, 0) is 37.3 Å². The second-order valence-corrected chi connectivity index (χ2v) is 7.71. The Morgan fingerprint density at radius 1 is 1.30 bits per heavy atom. The Balaban J connectivity index is 1.54. The molecule has 0 spiro atoms. The number of benzene rings is 1. The van der Waals surface area contributed by atoms with Gasteiger partial charge < -0.3 is 14.7 Å². The van der Waals surface area contributed by atoms with Gasteiger partial charge >= 0.3 is 6.18 Å². The number of H-pyrrole nitrogens is 1. The fourth-order valence-corrected chi connectivity index (χ4v) is 3.66. The van der Waals surface area contributed by atoms with Crippen molar-refractivity contribution in [3.8, 4) is 11.6 Å². The van der Waals surface area contributed by atoms with E-state index in [1.54, 1.807) is 25.3 Å². The fourth-order valence-electron chi connectivity index (χ4n) is 2.91. The Labute approximate surface area is 171 Å². The third-order valence-corrected chi connectivity index (χ3v) is 5.24. The number of hydrogen-bond acceptors (Lipinski definition) is 6. The number of carbonyl (C=O) groups excluding carboxylic acids is 2. The molecule has 3 heterocycles. The number of halogens is 3. The minimum absolute atomic E-state index is 0.0709. The van der Waals surface area contributed by atoms with E-state index in [0.717, 1.165) is 28.8 Å². The predicted octanol–water partition coefficient (Wildman–Crippen LogP) is 3.55. The summed E-state index contributed by atoms with van der Waals surface area (Å²) >= 11 is 0.990. The van der Waals surface area contributed by atoms with E-state index in [-0.39, 0.29) is 29.0 Å². The number of fused-ring (bicyclic) bond motifs is 1. The average molecular weight is 437 g/mol. The lowest BCUT2D eigenvalue weighted by Crippen LogP contribution is -2.45. The lowest BCUT2D eigenvalue weighted by atomic mass is 10.1. The maximum atomic E-state index is 13.0. The second kappa shape index (κ2) is 7.52. The summed E-state index contributed by atoms with van der Waals surface area (Å²) in [7, 11) is 0. The molecule has 1 unspecified atom stereocenters. The highest BCUT2D eigenvalue weighted by Gasteiger charge is 2.35. The first-order chi connectivity index (χ1) is 14.2. The molecule has 0 saturated heterocycles. The third-order valence-electron chi connectivity index (χ3n) is 4.32. The number of alkyl halides is 3. The van der Waals surface area contributed by atoms with Crippen LogP contribution in [0.1, 0.15) is 12.5 Å². The summed E-state index contributed by atoms with van der Waals surface area (Å²) in [6, 6.07) is 6.36. The van der Waals surface area contributed by atoms with Crippen LogP contribution >= 0.6 is 11.8 Å². The monoisotopic (exact) mass is 437 g/mol. The van der Waals surface area contributed by atoms with Gasteiger partial charge in [0.2, 0.25) is 11.8 Å². The van der Waals surface area contributed by atoms with Crippen LogP contribution in [0, 0.1) is 0 Å². The van der Waals surface area contributed by atoms with Gasteiger partial charge in [0, 0.05) is 6.20 Å². The van der Waals surface area contributed by atoms with Crippen molar-refractivity contribution in [2.24, 2.45) is 0 Å². The van der Waals surface area contributed by atoms with Crippen molar-refractivity contribution >= 4 is 35.0 Å². The minimum atomic E-state index is -4.57. The number of aromatic amines is 1. The molecule has 1 aromatic carbocycles. The molecule has 12 heteroatoms. The van der Waals surface area contributed by atoms with E-state index in [4.69, 9.17) is 4.42 Å². The van der Waals surface area contributed by atoms with Gasteiger partial charge in [0.05, 0.1) is 22.2 Å². The molecule has 1 atom stereocenters. The first-order valence-corrected chi connectivity index (χ1v) is 9.57. The van der Waals surface area contributed by atoms with Gasteiger partial charge in [0.25, 0.3) is 11.1 Å². The molecule has 4 rings (SSSR count). The number of nitrogens with one attached hydrogen (secondary N) is 2. The lowest BCUT2D eigenvalue weighted by molar-refractivity contribution is -0.137. The summed E-state index contributed by atoms with van der Waals surface area (Å²) in [6.45, 7) is 1.28. The lowest BCUT2D eigenvalue weighted by Gasteiger charge is -2.31. The zero-order valence-electron chi connectivity index (χ0n) is 15.4. The largest absolute Gasteiger partial charge is 0.416 e. The van der Waals surface area contributed by atoms with E-state index < -0.39 is 28.8 Å². The Kier molecular flexibility index (Phi) is 5.02. The smallest absolute Gasteiger partial charge is 0.410 e. The molecular weight excluding hydrogens is 423 g/mol. The van der Waals surface area contributed by atoms with E-state index in [1.165, 1.54) is 6.07 Å². The maximum absolute atomic E-state index is 13.0. The Morgan fingerprint density at radius 3 is 2.80 bits per heavy atom. The molecular formula is C18H14F3N5O3S. The van der Waals surface area contributed by atoms with Gasteiger partial charge in [0.1, 0.15) is 12.2 Å². The Hall–Kier alpha value is -3.28. The van der Waals surface area contributed by atoms with Crippen LogP contribution in [-0.2, 0) is 15.8 Å². The molecule has 3 aromatic rings. The van der Waals surface area contributed by atoms with Gasteiger partial charge in [-0.25, -0.2) is 0 Å². The molecule has 0 fully saturated rings. The zero-order chi connectivity index (χ0) is 21.5. The number of aromatic nitrogens is 3. The highest BCUT2D eigenvalue weighted by atomic mass is 32.2. The van der Waals surface area contributed by atoms with Gasteiger partial charge in [-0.3, -0.25) is 14.5 Å². The molecule has 1 aliphatic heterocycles. The Bertz CT molecular complexity index is 1100. The molecule has 8 nitrogen and oxygen atoms in total. The second-order valence-electron chi connectivity index (χ2n) is 6.42. The molecule has 156 valence electrons. The first-order valence-electron chi connectivity index (χ1n) is 8.69. The van der Waals surface area contributed by atoms with Crippen LogP contribution in [0.15, 0.2) is 46.2 Å². The predicted molar refractivity (Wildman–Crippen MR) is 102 cm³/mol. The standard InChI is InChI=1S/C18H14F3N5O3S/c1-9(30-17-25-24-15(29-17)11-3-2-6-22-11)16(28)26-8-14(27)23-12-7-10(18(19,20)21)4-5-13(12)26/h2-7,9,22H,8H2,1H3,(H,23,27). The van der Waals surface area contributed by atoms with Crippen LogP contribution in [0.5, 0.6) is 0 Å². The summed E-state index contributed by atoms with van der Waals surface area (Å²) in [6.07, 6.45) is -2.87. The van der Waals surface area contributed by atoms with Gasteiger partial charge in [-0.15, -0.1) is 10.2 Å². The summed E-state index contributed by atoms with van der Waals surface area (Å²) in [5.74, 6) is -0.806. The van der Waals surface area contributed by atoms with Gasteiger partial charge in [0.15, 0.2) is 0 Å². The molecule has 1 aliphatic rings. The van der Waals surface area contributed by atoms with Crippen molar-refractivity contribution in [1.29, 1.82) is 0 Å². The molecule has 2 aromatic heterocycles. The molecule has 2 amide bonds. The normalized spacial score (nSPS) is 14.9. The summed E-state index contributed by atoms with van der Waals surface area (Å²) in [5.41, 5.74) is -0.174. The number of amides is 2. The zero-order valence-corrected chi connectivity index (χ0v) is 16.2. The number of anilines is 2. The number of nitrogens with zero attached hydrogens (tertiary/aromatic N) is 3. The number of thioether (sulfide) groups is 1. The first kappa shape index (κ1) is 20.0. The molecule has 0 bridgehead atoms. The van der Waals surface area contributed by atoms with Crippen LogP contribution in [0.3, 0.4) is 0 Å². The van der Waals surface area contributed by atoms with Gasteiger partial charge in [-0.2, -0.15) is 13.2 Å². The minimum Gasteiger partial charge on any atom is -0.410 e. The van der Waals surface area contributed by atoms with E-state index in [0.29, 0.717) is 5.69 Å². The number of carbonyl (C=O) groups is 2. The Morgan fingerprint density at radius 2 is 2.10 bits per heavy atom. The van der Waals surface area contributed by atoms with E-state index >= 15 is 0 Å². The molecule has 0 radical (unpaired) electrons. The van der Waals surface area contributed by atoms with Crippen LogP contribution in [0.2, 0.25) is 0 Å². The van der Waals surface area contributed by atoms with Crippen molar-refractivity contribution in [3.63, 3.8) is 0 Å². The topological polar surface area (TPSA) is 104 Å². The van der Waals surface area contributed by atoms with Crippen LogP contribution < -0.4 is 10.2 Å². The van der Waals surface area contributed by atoms with Crippen molar-refractivity contribution in [2.45, 2.75) is 23.6 Å². The van der Waals surface area contributed by atoms with E-state index in [1.807, 2.05) is 0 Å². The molecule has 0 saturated carbocycles. The van der Waals surface area contributed by atoms with Crippen LogP contribution in [0.4, 0.5) is 24.5 Å². The van der Waals surface area contributed by atoms with E-state index in [2.05, 4.69) is 20.5 Å². The highest BCUT2D eigenvalue weighted by Crippen LogP contribution is 2.38. The molecule has 30 heavy (non-hydrogen) atoms. The van der Waals surface area contributed by atoms with Crippen LogP contribution in [0.25, 0.3) is 11.6 Å². The average Bonchev–Trinajstić information content (AvgIpc) is 3.37. The molecule has 2 N–H and O–H groups in total. The number of hydrogen-bond donors (Lipinski definition) is 2. The quantitative estimate of drug-likeness (QED) is 0.605. The number of rotatable bonds is 4. The molecule has 0 aliphatic carbocycles. The highest BCUT2D eigenvalue weighted by molar-refractivity contribution is 8.00. The maximum Gasteiger partial charge on any atom is 0.416 e. The van der Waals surface area contributed by atoms with Gasteiger partial charge in [-0.1, -0.05) is 11.8 Å².